The van der Waals surface area contributed by atoms with E-state index in [0.29, 0.717) is 12.3 Å². The number of methoxy groups -OCH3 is 1. The van der Waals surface area contributed by atoms with Crippen LogP contribution < -0.4 is 14.8 Å². The van der Waals surface area contributed by atoms with Gasteiger partial charge in [0, 0.05) is 31.5 Å². The Morgan fingerprint density at radius 2 is 2.08 bits per heavy atom. The number of amides is 1. The zero-order valence-corrected chi connectivity index (χ0v) is 13.6. The van der Waals surface area contributed by atoms with Gasteiger partial charge in [-0.1, -0.05) is 0 Å². The number of likely N-dealkylation sites (tertiary alicyclic amines) is 1. The molecule has 6 nitrogen and oxygen atoms in total. The highest BCUT2D eigenvalue weighted by Gasteiger charge is 2.26. The first-order valence-corrected chi connectivity index (χ1v) is 7.96. The number of rotatable bonds is 6. The van der Waals surface area contributed by atoms with E-state index >= 15 is 0 Å². The summed E-state index contributed by atoms with van der Waals surface area (Å²) in [4.78, 5) is 18.2. The molecule has 1 aliphatic rings. The number of hydrogen-bond donors (Lipinski definition) is 1. The lowest BCUT2D eigenvalue weighted by atomic mass is 10.2. The standard InChI is InChI=1S/C18H21N3O3/c1-23-16-4-6-17(7-5-16)24-13-18(22)21-10-8-15(12-21)20-14-3-2-9-19-11-14/h2-7,9,11,15,20H,8,10,12-13H2,1H3/t15-/m1/s1. The molecular formula is C18H21N3O3. The van der Waals surface area contributed by atoms with Crippen LogP contribution in [0.3, 0.4) is 0 Å². The van der Waals surface area contributed by atoms with E-state index in [1.54, 1.807) is 31.6 Å². The highest BCUT2D eigenvalue weighted by atomic mass is 16.5. The Hall–Kier alpha value is -2.76. The molecule has 2 aromatic rings. The predicted octanol–water partition coefficient (Wildman–Crippen LogP) is 2.18. The quantitative estimate of drug-likeness (QED) is 0.881. The van der Waals surface area contributed by atoms with Gasteiger partial charge in [0.05, 0.1) is 12.8 Å². The zero-order valence-electron chi connectivity index (χ0n) is 13.6. The number of pyridine rings is 1. The molecule has 6 heteroatoms. The van der Waals surface area contributed by atoms with Gasteiger partial charge >= 0.3 is 0 Å². The summed E-state index contributed by atoms with van der Waals surface area (Å²) >= 11 is 0. The fourth-order valence-corrected chi connectivity index (χ4v) is 2.70. The van der Waals surface area contributed by atoms with Crippen LogP contribution in [0.5, 0.6) is 11.5 Å². The van der Waals surface area contributed by atoms with Gasteiger partial charge in [-0.25, -0.2) is 0 Å². The molecule has 0 unspecified atom stereocenters. The molecule has 0 spiro atoms. The summed E-state index contributed by atoms with van der Waals surface area (Å²) in [5.41, 5.74) is 0.978. The summed E-state index contributed by atoms with van der Waals surface area (Å²) < 4.78 is 10.7. The van der Waals surface area contributed by atoms with Crippen LogP contribution in [0.1, 0.15) is 6.42 Å². The maximum Gasteiger partial charge on any atom is 0.260 e. The van der Waals surface area contributed by atoms with Crippen molar-refractivity contribution in [3.63, 3.8) is 0 Å². The Balaban J connectivity index is 1.45. The molecule has 3 rings (SSSR count). The summed E-state index contributed by atoms with van der Waals surface area (Å²) in [5.74, 6) is 1.42. The van der Waals surface area contributed by atoms with Crippen molar-refractivity contribution in [1.29, 1.82) is 0 Å². The molecule has 1 N–H and O–H groups in total. The van der Waals surface area contributed by atoms with E-state index in [-0.39, 0.29) is 18.6 Å². The number of nitrogens with zero attached hydrogens (tertiary/aromatic N) is 2. The van der Waals surface area contributed by atoms with Crippen molar-refractivity contribution in [2.24, 2.45) is 0 Å². The molecule has 1 aliphatic heterocycles. The Morgan fingerprint density at radius 1 is 1.29 bits per heavy atom. The number of nitrogens with one attached hydrogen (secondary N) is 1. The van der Waals surface area contributed by atoms with Gasteiger partial charge in [0.2, 0.25) is 0 Å². The van der Waals surface area contributed by atoms with Crippen LogP contribution in [-0.2, 0) is 4.79 Å². The Kier molecular flexibility index (Phi) is 5.15. The minimum atomic E-state index is 0.00121. The maximum atomic E-state index is 12.3. The van der Waals surface area contributed by atoms with E-state index < -0.39 is 0 Å². The minimum Gasteiger partial charge on any atom is -0.497 e. The van der Waals surface area contributed by atoms with Gasteiger partial charge in [-0.05, 0) is 42.8 Å². The van der Waals surface area contributed by atoms with Crippen LogP contribution in [-0.4, -0.2) is 48.6 Å². The average molecular weight is 327 g/mol. The summed E-state index contributed by atoms with van der Waals surface area (Å²) in [5, 5.41) is 3.40. The van der Waals surface area contributed by atoms with Crippen LogP contribution in [0.25, 0.3) is 0 Å². The molecule has 1 atom stereocenters. The molecule has 126 valence electrons. The van der Waals surface area contributed by atoms with Crippen LogP contribution in [0, 0.1) is 0 Å². The van der Waals surface area contributed by atoms with Gasteiger partial charge in [-0.3, -0.25) is 9.78 Å². The molecule has 1 saturated heterocycles. The van der Waals surface area contributed by atoms with E-state index in [0.717, 1.165) is 24.4 Å². The first kappa shape index (κ1) is 16.1. The molecule has 0 bridgehead atoms. The lowest BCUT2D eigenvalue weighted by Gasteiger charge is -2.18. The predicted molar refractivity (Wildman–Crippen MR) is 91.3 cm³/mol. The first-order chi connectivity index (χ1) is 11.7. The summed E-state index contributed by atoms with van der Waals surface area (Å²) in [6.07, 6.45) is 4.45. The smallest absolute Gasteiger partial charge is 0.260 e. The molecular weight excluding hydrogens is 306 g/mol. The SMILES string of the molecule is COc1ccc(OCC(=O)N2CC[C@@H](Nc3cccnc3)C2)cc1. The number of anilines is 1. The van der Waals surface area contributed by atoms with E-state index in [4.69, 9.17) is 9.47 Å². The number of ether oxygens (including phenoxy) is 2. The number of carbonyl (C=O) groups is 1. The van der Waals surface area contributed by atoms with Crippen molar-refractivity contribution >= 4 is 11.6 Å². The van der Waals surface area contributed by atoms with E-state index in [9.17, 15) is 4.79 Å². The highest BCUT2D eigenvalue weighted by molar-refractivity contribution is 5.78. The lowest BCUT2D eigenvalue weighted by molar-refractivity contribution is -0.132. The largest absolute Gasteiger partial charge is 0.497 e. The summed E-state index contributed by atoms with van der Waals surface area (Å²) in [6.45, 7) is 1.47. The second kappa shape index (κ2) is 7.68. The fraction of sp³-hybridized carbons (Fsp3) is 0.333. The summed E-state index contributed by atoms with van der Waals surface area (Å²) in [7, 11) is 1.61. The van der Waals surface area contributed by atoms with Crippen LogP contribution in [0.4, 0.5) is 5.69 Å². The number of hydrogen-bond acceptors (Lipinski definition) is 5. The normalized spacial score (nSPS) is 16.7. The van der Waals surface area contributed by atoms with Gasteiger partial charge in [-0.15, -0.1) is 0 Å². The maximum absolute atomic E-state index is 12.3. The van der Waals surface area contributed by atoms with E-state index in [1.165, 1.54) is 0 Å². The number of benzene rings is 1. The van der Waals surface area contributed by atoms with Crippen molar-refractivity contribution < 1.29 is 14.3 Å². The summed E-state index contributed by atoms with van der Waals surface area (Å²) in [6, 6.07) is 11.3. The molecule has 0 saturated carbocycles. The number of carbonyl (C=O) groups excluding carboxylic acids is 1. The van der Waals surface area contributed by atoms with Gasteiger partial charge in [-0.2, -0.15) is 0 Å². The van der Waals surface area contributed by atoms with Gasteiger partial charge in [0.25, 0.3) is 5.91 Å². The first-order valence-electron chi connectivity index (χ1n) is 7.96. The van der Waals surface area contributed by atoms with Crippen molar-refractivity contribution in [2.45, 2.75) is 12.5 Å². The third-order valence-electron chi connectivity index (χ3n) is 4.00. The molecule has 1 fully saturated rings. The minimum absolute atomic E-state index is 0.00121. The lowest BCUT2D eigenvalue weighted by Crippen LogP contribution is -2.35. The topological polar surface area (TPSA) is 63.7 Å². The van der Waals surface area contributed by atoms with Crippen molar-refractivity contribution in [3.8, 4) is 11.5 Å². The van der Waals surface area contributed by atoms with Gasteiger partial charge in [0.15, 0.2) is 6.61 Å². The van der Waals surface area contributed by atoms with Gasteiger partial charge in [0.1, 0.15) is 11.5 Å². The molecule has 1 amide bonds. The third kappa shape index (κ3) is 4.16. The van der Waals surface area contributed by atoms with Crippen LogP contribution >= 0.6 is 0 Å². The molecule has 1 aromatic carbocycles. The van der Waals surface area contributed by atoms with Gasteiger partial charge < -0.3 is 19.7 Å². The molecule has 24 heavy (non-hydrogen) atoms. The molecule has 0 radical (unpaired) electrons. The Labute approximate surface area is 141 Å². The second-order valence-electron chi connectivity index (χ2n) is 5.68. The van der Waals surface area contributed by atoms with Crippen molar-refractivity contribution in [1.82, 2.24) is 9.88 Å². The third-order valence-corrected chi connectivity index (χ3v) is 4.00. The molecule has 0 aliphatic carbocycles. The van der Waals surface area contributed by atoms with E-state index in [2.05, 4.69) is 10.3 Å². The average Bonchev–Trinajstić information content (AvgIpc) is 3.09. The Morgan fingerprint density at radius 3 is 2.79 bits per heavy atom. The monoisotopic (exact) mass is 327 g/mol. The second-order valence-corrected chi connectivity index (χ2v) is 5.68. The molecule has 2 heterocycles. The fourth-order valence-electron chi connectivity index (χ4n) is 2.70. The Bertz CT molecular complexity index is 661. The van der Waals surface area contributed by atoms with Crippen molar-refractivity contribution in [3.05, 3.63) is 48.8 Å². The van der Waals surface area contributed by atoms with Crippen LogP contribution in [0.15, 0.2) is 48.8 Å². The van der Waals surface area contributed by atoms with Crippen LogP contribution in [0.2, 0.25) is 0 Å². The van der Waals surface area contributed by atoms with Crippen molar-refractivity contribution in [2.75, 3.05) is 32.1 Å². The highest BCUT2D eigenvalue weighted by Crippen LogP contribution is 2.18. The molecule has 1 aromatic heterocycles. The number of aromatic nitrogens is 1. The van der Waals surface area contributed by atoms with E-state index in [1.807, 2.05) is 29.2 Å². The zero-order chi connectivity index (χ0) is 16.8.